The average molecular weight is 276 g/mol. The summed E-state index contributed by atoms with van der Waals surface area (Å²) in [5.41, 5.74) is 6.75. The van der Waals surface area contributed by atoms with Gasteiger partial charge in [-0.1, -0.05) is 29.3 Å². The zero-order chi connectivity index (χ0) is 13.8. The monoisotopic (exact) mass is 276 g/mol. The standard InChI is InChI=1S/C15H20N2OS/c1-10-6-11(2)8-12(7-10)9-13(17-16)15-14(18-3)4-5-19-15/h4-8,13,17H,9,16H2,1-3H3. The molecule has 1 unspecified atom stereocenters. The van der Waals surface area contributed by atoms with E-state index in [-0.39, 0.29) is 6.04 Å². The van der Waals surface area contributed by atoms with Gasteiger partial charge < -0.3 is 4.74 Å². The molecule has 0 radical (unpaired) electrons. The molecule has 0 fully saturated rings. The second kappa shape index (κ2) is 6.19. The third kappa shape index (κ3) is 3.35. The van der Waals surface area contributed by atoms with Crippen molar-refractivity contribution in [1.29, 1.82) is 0 Å². The van der Waals surface area contributed by atoms with Crippen LogP contribution in [0.5, 0.6) is 5.75 Å². The molecular weight excluding hydrogens is 256 g/mol. The summed E-state index contributed by atoms with van der Waals surface area (Å²) in [6.07, 6.45) is 0.857. The molecule has 0 amide bonds. The van der Waals surface area contributed by atoms with Crippen LogP contribution in [0.3, 0.4) is 0 Å². The quantitative estimate of drug-likeness (QED) is 0.651. The van der Waals surface area contributed by atoms with Crippen LogP contribution >= 0.6 is 11.3 Å². The molecule has 0 aliphatic heterocycles. The molecule has 1 aromatic carbocycles. The van der Waals surface area contributed by atoms with Crippen molar-refractivity contribution in [2.45, 2.75) is 26.3 Å². The SMILES string of the molecule is COc1ccsc1C(Cc1cc(C)cc(C)c1)NN. The second-order valence-corrected chi connectivity index (χ2v) is 5.72. The Kier molecular flexibility index (Phi) is 4.58. The minimum atomic E-state index is 0.0798. The molecule has 2 aromatic rings. The van der Waals surface area contributed by atoms with E-state index in [0.29, 0.717) is 0 Å². The highest BCUT2D eigenvalue weighted by Crippen LogP contribution is 2.32. The number of hydrogen-bond donors (Lipinski definition) is 2. The van der Waals surface area contributed by atoms with Crippen LogP contribution in [0.25, 0.3) is 0 Å². The number of nitrogens with one attached hydrogen (secondary N) is 1. The van der Waals surface area contributed by atoms with E-state index in [4.69, 9.17) is 10.6 Å². The Morgan fingerprint density at radius 3 is 2.53 bits per heavy atom. The molecule has 3 N–H and O–H groups in total. The fraction of sp³-hybridized carbons (Fsp3) is 0.333. The summed E-state index contributed by atoms with van der Waals surface area (Å²) in [5, 5.41) is 2.03. The molecule has 3 nitrogen and oxygen atoms in total. The summed E-state index contributed by atoms with van der Waals surface area (Å²) in [6, 6.07) is 8.65. The number of aryl methyl sites for hydroxylation is 2. The van der Waals surface area contributed by atoms with Crippen molar-refractivity contribution in [3.8, 4) is 5.75 Å². The highest BCUT2D eigenvalue weighted by Gasteiger charge is 2.17. The van der Waals surface area contributed by atoms with Crippen LogP contribution in [0.2, 0.25) is 0 Å². The summed E-state index contributed by atoms with van der Waals surface area (Å²) in [6.45, 7) is 4.24. The van der Waals surface area contributed by atoms with Gasteiger partial charge in [0.1, 0.15) is 5.75 Å². The summed E-state index contributed by atoms with van der Waals surface area (Å²) in [7, 11) is 1.69. The van der Waals surface area contributed by atoms with E-state index in [9.17, 15) is 0 Å². The first-order chi connectivity index (χ1) is 9.13. The Morgan fingerprint density at radius 2 is 1.95 bits per heavy atom. The van der Waals surface area contributed by atoms with Gasteiger partial charge in [-0.15, -0.1) is 11.3 Å². The molecule has 4 heteroatoms. The van der Waals surface area contributed by atoms with Crippen molar-refractivity contribution >= 4 is 11.3 Å². The van der Waals surface area contributed by atoms with Gasteiger partial charge >= 0.3 is 0 Å². The van der Waals surface area contributed by atoms with Gasteiger partial charge in [0.25, 0.3) is 0 Å². The number of hydrogen-bond acceptors (Lipinski definition) is 4. The molecular formula is C15H20N2OS. The van der Waals surface area contributed by atoms with Gasteiger partial charge in [0, 0.05) is 0 Å². The zero-order valence-electron chi connectivity index (χ0n) is 11.6. The predicted octanol–water partition coefficient (Wildman–Crippen LogP) is 3.12. The lowest BCUT2D eigenvalue weighted by Gasteiger charge is -2.16. The van der Waals surface area contributed by atoms with Gasteiger partial charge in [0.05, 0.1) is 18.0 Å². The molecule has 0 aliphatic carbocycles. The largest absolute Gasteiger partial charge is 0.496 e. The van der Waals surface area contributed by atoms with Crippen molar-refractivity contribution < 1.29 is 4.74 Å². The van der Waals surface area contributed by atoms with Crippen LogP contribution in [0.4, 0.5) is 0 Å². The number of benzene rings is 1. The number of nitrogens with two attached hydrogens (primary N) is 1. The van der Waals surface area contributed by atoms with E-state index in [1.807, 2.05) is 11.4 Å². The molecule has 1 heterocycles. The van der Waals surface area contributed by atoms with Gasteiger partial charge in [0.15, 0.2) is 0 Å². The second-order valence-electron chi connectivity index (χ2n) is 4.77. The third-order valence-electron chi connectivity index (χ3n) is 3.12. The minimum Gasteiger partial charge on any atom is -0.496 e. The first kappa shape index (κ1) is 14.1. The van der Waals surface area contributed by atoms with E-state index < -0.39 is 0 Å². The van der Waals surface area contributed by atoms with Crippen LogP contribution in [0, 0.1) is 13.8 Å². The number of hydrazine groups is 1. The number of rotatable bonds is 5. The predicted molar refractivity (Wildman–Crippen MR) is 80.6 cm³/mol. The Hall–Kier alpha value is -1.36. The van der Waals surface area contributed by atoms with Crippen molar-refractivity contribution in [2.24, 2.45) is 5.84 Å². The molecule has 0 bridgehead atoms. The smallest absolute Gasteiger partial charge is 0.134 e. The Morgan fingerprint density at radius 1 is 1.26 bits per heavy atom. The first-order valence-corrected chi connectivity index (χ1v) is 7.16. The highest BCUT2D eigenvalue weighted by atomic mass is 32.1. The van der Waals surface area contributed by atoms with Crippen molar-refractivity contribution in [3.05, 3.63) is 51.2 Å². The maximum atomic E-state index is 5.71. The van der Waals surface area contributed by atoms with E-state index in [1.165, 1.54) is 16.7 Å². The third-order valence-corrected chi connectivity index (χ3v) is 4.13. The van der Waals surface area contributed by atoms with Crippen LogP contribution in [0.1, 0.15) is 27.6 Å². The maximum absolute atomic E-state index is 5.71. The van der Waals surface area contributed by atoms with Gasteiger partial charge in [-0.25, -0.2) is 0 Å². The lowest BCUT2D eigenvalue weighted by atomic mass is 10.0. The lowest BCUT2D eigenvalue weighted by Crippen LogP contribution is -2.29. The fourth-order valence-corrected chi connectivity index (χ4v) is 3.30. The molecule has 19 heavy (non-hydrogen) atoms. The maximum Gasteiger partial charge on any atom is 0.134 e. The Balaban J connectivity index is 2.24. The number of thiophene rings is 1. The van der Waals surface area contributed by atoms with Crippen molar-refractivity contribution in [1.82, 2.24) is 5.43 Å². The van der Waals surface area contributed by atoms with Crippen LogP contribution in [0.15, 0.2) is 29.6 Å². The summed E-state index contributed by atoms with van der Waals surface area (Å²) >= 11 is 1.67. The average Bonchev–Trinajstić information content (AvgIpc) is 2.82. The highest BCUT2D eigenvalue weighted by molar-refractivity contribution is 7.10. The zero-order valence-corrected chi connectivity index (χ0v) is 12.4. The lowest BCUT2D eigenvalue weighted by molar-refractivity contribution is 0.403. The van der Waals surface area contributed by atoms with Gasteiger partial charge in [-0.05, 0) is 37.3 Å². The van der Waals surface area contributed by atoms with Gasteiger partial charge in [-0.3, -0.25) is 11.3 Å². The Labute approximate surface area is 118 Å². The van der Waals surface area contributed by atoms with Gasteiger partial charge in [-0.2, -0.15) is 0 Å². The van der Waals surface area contributed by atoms with E-state index in [2.05, 4.69) is 37.5 Å². The summed E-state index contributed by atoms with van der Waals surface area (Å²) in [4.78, 5) is 1.14. The molecule has 1 atom stereocenters. The van der Waals surface area contributed by atoms with E-state index in [1.54, 1.807) is 18.4 Å². The molecule has 102 valence electrons. The fourth-order valence-electron chi connectivity index (χ4n) is 2.38. The molecule has 0 saturated heterocycles. The van der Waals surface area contributed by atoms with E-state index >= 15 is 0 Å². The number of methoxy groups -OCH3 is 1. The molecule has 0 aliphatic rings. The van der Waals surface area contributed by atoms with Crippen LogP contribution in [-0.2, 0) is 6.42 Å². The van der Waals surface area contributed by atoms with Crippen LogP contribution in [-0.4, -0.2) is 7.11 Å². The normalized spacial score (nSPS) is 12.4. The molecule has 2 rings (SSSR count). The van der Waals surface area contributed by atoms with Crippen molar-refractivity contribution in [2.75, 3.05) is 7.11 Å². The van der Waals surface area contributed by atoms with Crippen LogP contribution < -0.4 is 16.0 Å². The first-order valence-electron chi connectivity index (χ1n) is 6.28. The Bertz CT molecular complexity index is 531. The topological polar surface area (TPSA) is 47.3 Å². The molecule has 0 saturated carbocycles. The molecule has 0 spiro atoms. The van der Waals surface area contributed by atoms with E-state index in [0.717, 1.165) is 17.0 Å². The number of ether oxygens (including phenoxy) is 1. The summed E-state index contributed by atoms with van der Waals surface area (Å²) < 4.78 is 5.37. The minimum absolute atomic E-state index is 0.0798. The summed E-state index contributed by atoms with van der Waals surface area (Å²) in [5.74, 6) is 6.61. The van der Waals surface area contributed by atoms with Gasteiger partial charge in [0.2, 0.25) is 0 Å². The van der Waals surface area contributed by atoms with Crippen molar-refractivity contribution in [3.63, 3.8) is 0 Å². The molecule has 1 aromatic heterocycles.